The Balaban J connectivity index is 1.29. The summed E-state index contributed by atoms with van der Waals surface area (Å²) in [6.45, 7) is -0.186. The molecule has 7 aromatic rings. The first-order chi connectivity index (χ1) is 23.3. The number of hydrogen-bond acceptors (Lipinski definition) is 3. The van der Waals surface area contributed by atoms with Crippen molar-refractivity contribution in [2.45, 2.75) is 0 Å². The molecule has 0 saturated carbocycles. The van der Waals surface area contributed by atoms with Gasteiger partial charge in [-0.25, -0.2) is 0 Å². The lowest BCUT2D eigenvalue weighted by Gasteiger charge is -2.38. The molecule has 4 heterocycles. The van der Waals surface area contributed by atoms with Gasteiger partial charge in [0.25, 0.3) is 13.4 Å². The first-order valence-electron chi connectivity index (χ1n) is 16.2. The summed E-state index contributed by atoms with van der Waals surface area (Å²) in [5, 5.41) is 0. The van der Waals surface area contributed by atoms with Crippen LogP contribution in [0.1, 0.15) is 0 Å². The molecule has 0 N–H and O–H groups in total. The van der Waals surface area contributed by atoms with Crippen molar-refractivity contribution in [1.29, 1.82) is 0 Å². The van der Waals surface area contributed by atoms with Crippen LogP contribution in [0.4, 0.5) is 0 Å². The normalized spacial score (nSPS) is 13.5. The van der Waals surface area contributed by atoms with Crippen molar-refractivity contribution < 1.29 is 14.2 Å². The van der Waals surface area contributed by atoms with Crippen LogP contribution >= 0.6 is 0 Å². The topological polar surface area (TPSA) is 27.7 Å². The molecule has 0 spiro atoms. The number of benzene rings is 7. The lowest BCUT2D eigenvalue weighted by atomic mass is 9.31. The quantitative estimate of drug-likeness (QED) is 0.191. The predicted octanol–water partition coefficient (Wildman–Crippen LogP) is 6.35. The van der Waals surface area contributed by atoms with Crippen LogP contribution in [0.15, 0.2) is 146 Å². The number of hydrogen-bond donors (Lipinski definition) is 0. The Labute approximate surface area is 273 Å². The van der Waals surface area contributed by atoms with Gasteiger partial charge in [0.2, 0.25) is 0 Å². The van der Waals surface area contributed by atoms with Crippen LogP contribution in [0.25, 0.3) is 33.4 Å². The van der Waals surface area contributed by atoms with Gasteiger partial charge in [0.05, 0.1) is 0 Å². The smallest absolute Gasteiger partial charge is 0.260 e. The average molecular weight is 598 g/mol. The third-order valence-electron chi connectivity index (χ3n) is 10.3. The summed E-state index contributed by atoms with van der Waals surface area (Å²) in [7, 11) is 0. The molecular weight excluding hydrogens is 574 g/mol. The summed E-state index contributed by atoms with van der Waals surface area (Å²) in [6, 6.07) is 51.8. The molecule has 4 aliphatic heterocycles. The van der Waals surface area contributed by atoms with Gasteiger partial charge in [-0.3, -0.25) is 0 Å². The highest BCUT2D eigenvalue weighted by molar-refractivity contribution is 7.02. The van der Waals surface area contributed by atoms with E-state index in [0.717, 1.165) is 61.8 Å². The Morgan fingerprint density at radius 2 is 0.745 bits per heavy atom. The Hall–Kier alpha value is -5.93. The monoisotopic (exact) mass is 598 g/mol. The maximum absolute atomic E-state index is 7.05. The molecule has 47 heavy (non-hydrogen) atoms. The number of para-hydroxylation sites is 2. The van der Waals surface area contributed by atoms with Gasteiger partial charge in [0.1, 0.15) is 34.5 Å². The minimum absolute atomic E-state index is 0.0233. The molecule has 11 rings (SSSR count). The number of ether oxygens (including phenoxy) is 3. The lowest BCUT2D eigenvalue weighted by molar-refractivity contribution is 0.447. The third kappa shape index (κ3) is 3.38. The van der Waals surface area contributed by atoms with E-state index >= 15 is 0 Å². The third-order valence-corrected chi connectivity index (χ3v) is 10.3. The van der Waals surface area contributed by atoms with E-state index in [4.69, 9.17) is 14.2 Å². The van der Waals surface area contributed by atoms with Gasteiger partial charge in [-0.1, -0.05) is 127 Å². The van der Waals surface area contributed by atoms with Crippen molar-refractivity contribution in [3.8, 4) is 67.9 Å². The molecule has 0 radical (unpaired) electrons. The largest absolute Gasteiger partial charge is 0.459 e. The molecule has 0 saturated heterocycles. The summed E-state index contributed by atoms with van der Waals surface area (Å²) in [4.78, 5) is 0. The van der Waals surface area contributed by atoms with Crippen LogP contribution in [-0.2, 0) is 0 Å². The van der Waals surface area contributed by atoms with Crippen LogP contribution in [0.3, 0.4) is 0 Å². The molecule has 0 aromatic heterocycles. The highest BCUT2D eigenvalue weighted by Gasteiger charge is 2.47. The van der Waals surface area contributed by atoms with Gasteiger partial charge in [-0.2, -0.15) is 0 Å². The van der Waals surface area contributed by atoms with Crippen LogP contribution in [0.5, 0.6) is 34.5 Å². The zero-order valence-corrected chi connectivity index (χ0v) is 25.2. The van der Waals surface area contributed by atoms with Crippen molar-refractivity contribution in [2.75, 3.05) is 0 Å². The van der Waals surface area contributed by atoms with Crippen molar-refractivity contribution in [3.05, 3.63) is 146 Å². The van der Waals surface area contributed by atoms with E-state index in [1.807, 2.05) is 6.07 Å². The first-order valence-corrected chi connectivity index (χ1v) is 16.2. The van der Waals surface area contributed by atoms with Gasteiger partial charge >= 0.3 is 0 Å². The molecular formula is C42H24B2O3. The highest BCUT2D eigenvalue weighted by atomic mass is 16.5. The van der Waals surface area contributed by atoms with Crippen LogP contribution in [0, 0.1) is 0 Å². The molecule has 0 aliphatic carbocycles. The summed E-state index contributed by atoms with van der Waals surface area (Å²) >= 11 is 0. The van der Waals surface area contributed by atoms with Gasteiger partial charge < -0.3 is 14.2 Å². The van der Waals surface area contributed by atoms with E-state index in [1.165, 1.54) is 38.8 Å². The van der Waals surface area contributed by atoms with Gasteiger partial charge in [0, 0.05) is 17.0 Å². The molecule has 0 atom stereocenters. The van der Waals surface area contributed by atoms with Crippen LogP contribution in [0.2, 0.25) is 0 Å². The zero-order chi connectivity index (χ0) is 30.6. The van der Waals surface area contributed by atoms with E-state index < -0.39 is 0 Å². The van der Waals surface area contributed by atoms with E-state index in [-0.39, 0.29) is 13.4 Å². The summed E-state index contributed by atoms with van der Waals surface area (Å²) in [5.74, 6) is 4.97. The Bertz CT molecular complexity index is 2470. The van der Waals surface area contributed by atoms with Crippen molar-refractivity contribution >= 4 is 46.2 Å². The Morgan fingerprint density at radius 1 is 0.298 bits per heavy atom. The maximum atomic E-state index is 7.05. The van der Waals surface area contributed by atoms with E-state index in [1.54, 1.807) is 0 Å². The fourth-order valence-corrected chi connectivity index (χ4v) is 8.44. The van der Waals surface area contributed by atoms with Crippen LogP contribution < -0.4 is 47.0 Å². The SMILES string of the molecule is c1ccc2c(c1)Oc1cc3c(c4c1B2c1ccccc1O4)B1c2ccccc2-c2ccccc2-c2ccccc2-c2cccc(c21)O3. The Kier molecular flexibility index (Phi) is 5.01. The van der Waals surface area contributed by atoms with Gasteiger partial charge in [0.15, 0.2) is 0 Å². The maximum Gasteiger partial charge on any atom is 0.260 e. The molecule has 4 aliphatic rings. The fraction of sp³-hybridized carbons (Fsp3) is 0. The second kappa shape index (κ2) is 9.31. The van der Waals surface area contributed by atoms with E-state index in [9.17, 15) is 0 Å². The minimum atomic E-state index is -0.163. The first kappa shape index (κ1) is 25.3. The summed E-state index contributed by atoms with van der Waals surface area (Å²) in [6.07, 6.45) is 0. The molecule has 3 nitrogen and oxygen atoms in total. The number of fused-ring (bicyclic) bond motifs is 14. The zero-order valence-electron chi connectivity index (χ0n) is 25.2. The van der Waals surface area contributed by atoms with Crippen LogP contribution in [-0.4, -0.2) is 13.4 Å². The van der Waals surface area contributed by atoms with E-state index in [0.29, 0.717) is 0 Å². The number of rotatable bonds is 0. The predicted molar refractivity (Wildman–Crippen MR) is 192 cm³/mol. The van der Waals surface area contributed by atoms with E-state index in [2.05, 4.69) is 140 Å². The van der Waals surface area contributed by atoms with Crippen molar-refractivity contribution in [1.82, 2.24) is 0 Å². The second-order valence-electron chi connectivity index (χ2n) is 12.7. The molecule has 0 amide bonds. The minimum Gasteiger partial charge on any atom is -0.459 e. The molecule has 0 fully saturated rings. The standard InChI is InChI=1S/C42H24B2O3/c1-3-14-27-25(12-1)26-13-2-4-15-28(26)30-17-11-23-36-39(30)44(31-18-6-5-16-29(27)31)41-38(46-36)24-37-40-42(41)47-35-22-10-8-20-33(35)43(40)32-19-7-9-21-34(32)45-37/h1-24H. The lowest BCUT2D eigenvalue weighted by Crippen LogP contribution is -2.62. The fourth-order valence-electron chi connectivity index (χ4n) is 8.44. The summed E-state index contributed by atoms with van der Waals surface area (Å²) < 4.78 is 20.7. The van der Waals surface area contributed by atoms with Gasteiger partial charge in [-0.05, 0) is 68.0 Å². The van der Waals surface area contributed by atoms with Gasteiger partial charge in [-0.15, -0.1) is 0 Å². The second-order valence-corrected chi connectivity index (χ2v) is 12.7. The molecule has 0 unspecified atom stereocenters. The summed E-state index contributed by atoms with van der Waals surface area (Å²) in [5.41, 5.74) is 14.0. The average Bonchev–Trinajstić information content (AvgIpc) is 3.17. The van der Waals surface area contributed by atoms with Crippen molar-refractivity contribution in [2.24, 2.45) is 0 Å². The molecule has 0 bridgehead atoms. The Morgan fingerprint density at radius 3 is 1.43 bits per heavy atom. The highest BCUT2D eigenvalue weighted by Crippen LogP contribution is 2.44. The molecule has 5 heteroatoms. The van der Waals surface area contributed by atoms with Crippen molar-refractivity contribution in [3.63, 3.8) is 0 Å². The molecule has 216 valence electrons. The molecule has 7 aromatic carbocycles.